The standard InChI is InChI=1S/C10H6Br2OS/c11-5-8(13)10-4-6-3-7(12)1-2-9(6)14-10/h1-4H,5H2. The molecular weight excluding hydrogens is 328 g/mol. The van der Waals surface area contributed by atoms with Gasteiger partial charge in [-0.2, -0.15) is 0 Å². The van der Waals surface area contributed by atoms with E-state index in [1.807, 2.05) is 24.3 Å². The number of alkyl halides is 1. The highest BCUT2D eigenvalue weighted by Gasteiger charge is 2.08. The molecule has 2 rings (SSSR count). The maximum atomic E-state index is 11.4. The Hall–Kier alpha value is -0.190. The quantitative estimate of drug-likeness (QED) is 0.593. The number of fused-ring (bicyclic) bond motifs is 1. The van der Waals surface area contributed by atoms with E-state index in [4.69, 9.17) is 0 Å². The minimum Gasteiger partial charge on any atom is -0.292 e. The average Bonchev–Trinajstić information content (AvgIpc) is 2.59. The lowest BCUT2D eigenvalue weighted by molar-refractivity contribution is 0.102. The molecule has 4 heteroatoms. The van der Waals surface area contributed by atoms with Crippen molar-refractivity contribution in [3.63, 3.8) is 0 Å². The van der Waals surface area contributed by atoms with E-state index in [1.165, 1.54) is 11.3 Å². The molecular formula is C10H6Br2OS. The molecule has 0 unspecified atom stereocenters. The molecule has 0 amide bonds. The Balaban J connectivity index is 2.56. The van der Waals surface area contributed by atoms with Crippen molar-refractivity contribution in [1.29, 1.82) is 0 Å². The van der Waals surface area contributed by atoms with Crippen LogP contribution in [-0.4, -0.2) is 11.1 Å². The molecule has 0 spiro atoms. The average molecular weight is 334 g/mol. The minimum atomic E-state index is 0.141. The summed E-state index contributed by atoms with van der Waals surface area (Å²) in [5, 5.41) is 1.51. The summed E-state index contributed by atoms with van der Waals surface area (Å²) in [5.74, 6) is 0.141. The molecule has 0 aliphatic rings. The Morgan fingerprint density at radius 3 is 2.86 bits per heavy atom. The van der Waals surface area contributed by atoms with E-state index in [-0.39, 0.29) is 5.78 Å². The van der Waals surface area contributed by atoms with Crippen LogP contribution in [0, 0.1) is 0 Å². The molecule has 0 N–H and O–H groups in total. The third-order valence-corrected chi connectivity index (χ3v) is 4.03. The summed E-state index contributed by atoms with van der Waals surface area (Å²) in [6.07, 6.45) is 0. The summed E-state index contributed by atoms with van der Waals surface area (Å²) < 4.78 is 2.19. The van der Waals surface area contributed by atoms with Crippen molar-refractivity contribution >= 4 is 59.1 Å². The Morgan fingerprint density at radius 2 is 2.14 bits per heavy atom. The van der Waals surface area contributed by atoms with Crippen LogP contribution in [0.4, 0.5) is 0 Å². The van der Waals surface area contributed by atoms with E-state index in [0.29, 0.717) is 5.33 Å². The van der Waals surface area contributed by atoms with E-state index in [9.17, 15) is 4.79 Å². The van der Waals surface area contributed by atoms with Crippen molar-refractivity contribution in [2.75, 3.05) is 5.33 Å². The summed E-state index contributed by atoms with van der Waals surface area (Å²) in [7, 11) is 0. The lowest BCUT2D eigenvalue weighted by Crippen LogP contribution is -1.94. The number of hydrogen-bond acceptors (Lipinski definition) is 2. The molecule has 0 saturated carbocycles. The van der Waals surface area contributed by atoms with Crippen molar-refractivity contribution in [3.8, 4) is 0 Å². The van der Waals surface area contributed by atoms with Gasteiger partial charge >= 0.3 is 0 Å². The molecule has 1 aromatic carbocycles. The highest BCUT2D eigenvalue weighted by molar-refractivity contribution is 9.10. The van der Waals surface area contributed by atoms with E-state index in [1.54, 1.807) is 0 Å². The summed E-state index contributed by atoms with van der Waals surface area (Å²) in [6, 6.07) is 7.97. The number of carbonyl (C=O) groups is 1. The van der Waals surface area contributed by atoms with Crippen molar-refractivity contribution in [2.45, 2.75) is 0 Å². The van der Waals surface area contributed by atoms with Gasteiger partial charge in [-0.1, -0.05) is 31.9 Å². The second-order valence-corrected chi connectivity index (χ2v) is 5.41. The van der Waals surface area contributed by atoms with Gasteiger partial charge in [0, 0.05) is 9.17 Å². The van der Waals surface area contributed by atoms with Gasteiger partial charge in [-0.3, -0.25) is 4.79 Å². The van der Waals surface area contributed by atoms with Gasteiger partial charge in [-0.15, -0.1) is 11.3 Å². The smallest absolute Gasteiger partial charge is 0.183 e. The van der Waals surface area contributed by atoms with Gasteiger partial charge in [-0.05, 0) is 29.7 Å². The molecule has 0 aliphatic heterocycles. The zero-order chi connectivity index (χ0) is 10.1. The number of ketones is 1. The first-order chi connectivity index (χ1) is 6.70. The zero-order valence-electron chi connectivity index (χ0n) is 7.09. The molecule has 1 aromatic heterocycles. The topological polar surface area (TPSA) is 17.1 Å². The van der Waals surface area contributed by atoms with Gasteiger partial charge in [0.15, 0.2) is 5.78 Å². The third kappa shape index (κ3) is 1.92. The third-order valence-electron chi connectivity index (χ3n) is 1.87. The van der Waals surface area contributed by atoms with E-state index in [0.717, 1.165) is 19.4 Å². The van der Waals surface area contributed by atoms with Crippen LogP contribution in [0.1, 0.15) is 9.67 Å². The first-order valence-corrected chi connectivity index (χ1v) is 6.72. The molecule has 72 valence electrons. The first kappa shape index (κ1) is 10.3. The maximum Gasteiger partial charge on any atom is 0.183 e. The molecule has 1 heterocycles. The van der Waals surface area contributed by atoms with Crippen LogP contribution in [-0.2, 0) is 0 Å². The summed E-state index contributed by atoms with van der Waals surface area (Å²) >= 11 is 8.12. The molecule has 0 radical (unpaired) electrons. The van der Waals surface area contributed by atoms with Crippen LogP contribution in [0.3, 0.4) is 0 Å². The second kappa shape index (κ2) is 4.13. The largest absolute Gasteiger partial charge is 0.292 e. The molecule has 2 aromatic rings. The van der Waals surface area contributed by atoms with Crippen LogP contribution in [0.2, 0.25) is 0 Å². The molecule has 0 saturated heterocycles. The van der Waals surface area contributed by atoms with Crippen LogP contribution in [0.15, 0.2) is 28.7 Å². The molecule has 1 nitrogen and oxygen atoms in total. The fraction of sp³-hybridized carbons (Fsp3) is 0.100. The van der Waals surface area contributed by atoms with Crippen LogP contribution >= 0.6 is 43.2 Å². The number of hydrogen-bond donors (Lipinski definition) is 0. The van der Waals surface area contributed by atoms with Crippen molar-refractivity contribution in [1.82, 2.24) is 0 Å². The summed E-state index contributed by atoms with van der Waals surface area (Å²) in [4.78, 5) is 12.2. The fourth-order valence-corrected chi connectivity index (χ4v) is 3.06. The molecule has 0 bridgehead atoms. The monoisotopic (exact) mass is 332 g/mol. The number of thiophene rings is 1. The van der Waals surface area contributed by atoms with Crippen LogP contribution in [0.5, 0.6) is 0 Å². The molecule has 14 heavy (non-hydrogen) atoms. The number of rotatable bonds is 2. The van der Waals surface area contributed by atoms with E-state index < -0.39 is 0 Å². The number of Topliss-reactive ketones (excluding diaryl/α,β-unsaturated/α-hetero) is 1. The Labute approximate surface area is 102 Å². The predicted molar refractivity (Wildman–Crippen MR) is 67.6 cm³/mol. The Kier molecular flexibility index (Phi) is 3.04. The normalized spacial score (nSPS) is 10.7. The fourth-order valence-electron chi connectivity index (χ4n) is 1.22. The Morgan fingerprint density at radius 1 is 1.36 bits per heavy atom. The highest BCUT2D eigenvalue weighted by Crippen LogP contribution is 2.28. The van der Waals surface area contributed by atoms with Gasteiger partial charge in [0.05, 0.1) is 10.2 Å². The van der Waals surface area contributed by atoms with Gasteiger partial charge in [0.25, 0.3) is 0 Å². The van der Waals surface area contributed by atoms with E-state index >= 15 is 0 Å². The van der Waals surface area contributed by atoms with Gasteiger partial charge in [0.2, 0.25) is 0 Å². The van der Waals surface area contributed by atoms with E-state index in [2.05, 4.69) is 31.9 Å². The first-order valence-electron chi connectivity index (χ1n) is 3.99. The second-order valence-electron chi connectivity index (χ2n) is 2.85. The summed E-state index contributed by atoms with van der Waals surface area (Å²) in [6.45, 7) is 0. The van der Waals surface area contributed by atoms with Crippen molar-refractivity contribution in [2.24, 2.45) is 0 Å². The van der Waals surface area contributed by atoms with Crippen molar-refractivity contribution in [3.05, 3.63) is 33.6 Å². The van der Waals surface area contributed by atoms with Gasteiger partial charge in [0.1, 0.15) is 0 Å². The zero-order valence-corrected chi connectivity index (χ0v) is 11.1. The van der Waals surface area contributed by atoms with Gasteiger partial charge < -0.3 is 0 Å². The molecule has 0 atom stereocenters. The number of carbonyl (C=O) groups excluding carboxylic acids is 1. The predicted octanol–water partition coefficient (Wildman–Crippen LogP) is 4.24. The van der Waals surface area contributed by atoms with Gasteiger partial charge in [-0.25, -0.2) is 0 Å². The highest BCUT2D eigenvalue weighted by atomic mass is 79.9. The number of benzene rings is 1. The Bertz CT molecular complexity index is 490. The van der Waals surface area contributed by atoms with Crippen LogP contribution < -0.4 is 0 Å². The molecule has 0 aliphatic carbocycles. The van der Waals surface area contributed by atoms with Crippen LogP contribution in [0.25, 0.3) is 10.1 Å². The maximum absolute atomic E-state index is 11.4. The van der Waals surface area contributed by atoms with Crippen molar-refractivity contribution < 1.29 is 4.79 Å². The minimum absolute atomic E-state index is 0.141. The molecule has 0 fully saturated rings. The SMILES string of the molecule is O=C(CBr)c1cc2cc(Br)ccc2s1. The lowest BCUT2D eigenvalue weighted by atomic mass is 10.2. The lowest BCUT2D eigenvalue weighted by Gasteiger charge is -1.88. The summed E-state index contributed by atoms with van der Waals surface area (Å²) in [5.41, 5.74) is 0. The number of halogens is 2.